The van der Waals surface area contributed by atoms with E-state index in [2.05, 4.69) is 52.1 Å². The highest BCUT2D eigenvalue weighted by molar-refractivity contribution is 9.11. The summed E-state index contributed by atoms with van der Waals surface area (Å²) in [6, 6.07) is 5.89. The number of nitrogens with zero attached hydrogens (tertiary/aromatic N) is 1. The highest BCUT2D eigenvalue weighted by atomic mass is 79.9. The lowest BCUT2D eigenvalue weighted by molar-refractivity contribution is 0.101. The fourth-order valence-electron chi connectivity index (χ4n) is 3.39. The van der Waals surface area contributed by atoms with E-state index in [4.69, 9.17) is 0 Å². The highest BCUT2D eigenvalue weighted by Gasteiger charge is 2.38. The molecule has 0 spiro atoms. The van der Waals surface area contributed by atoms with Crippen molar-refractivity contribution in [2.24, 2.45) is 11.8 Å². The van der Waals surface area contributed by atoms with Crippen LogP contribution in [0.15, 0.2) is 15.9 Å². The van der Waals surface area contributed by atoms with Crippen LogP contribution in [0, 0.1) is 11.8 Å². The van der Waals surface area contributed by atoms with Gasteiger partial charge in [0.15, 0.2) is 0 Å². The summed E-state index contributed by atoms with van der Waals surface area (Å²) in [5.74, 6) is 1.73. The standard InChI is InChI=1S/C16H25BrN2S/c1-11(2)7-13-9-19(10-14-5-6-16(17)20-14)15(8-18-13)12-3-4-12/h5-6,11-13,15,18H,3-4,7-10H2,1-2H3. The van der Waals surface area contributed by atoms with Crippen LogP contribution < -0.4 is 5.32 Å². The second kappa shape index (κ2) is 6.47. The summed E-state index contributed by atoms with van der Waals surface area (Å²) in [4.78, 5) is 4.24. The summed E-state index contributed by atoms with van der Waals surface area (Å²) in [6.07, 6.45) is 4.17. The van der Waals surface area contributed by atoms with Gasteiger partial charge in [-0.2, -0.15) is 0 Å². The average Bonchev–Trinajstić information content (AvgIpc) is 3.13. The molecule has 0 aromatic carbocycles. The molecule has 2 heterocycles. The molecular formula is C16H25BrN2S. The number of piperazine rings is 1. The molecule has 3 rings (SSSR count). The van der Waals surface area contributed by atoms with Crippen molar-refractivity contribution in [1.82, 2.24) is 10.2 Å². The minimum absolute atomic E-state index is 0.674. The van der Waals surface area contributed by atoms with Crippen molar-refractivity contribution in [3.05, 3.63) is 20.8 Å². The van der Waals surface area contributed by atoms with Gasteiger partial charge in [-0.1, -0.05) is 13.8 Å². The fraction of sp³-hybridized carbons (Fsp3) is 0.750. The second-order valence-electron chi connectivity index (χ2n) is 6.77. The Hall–Kier alpha value is 0.1000. The number of halogens is 1. The van der Waals surface area contributed by atoms with Crippen molar-refractivity contribution in [1.29, 1.82) is 0 Å². The van der Waals surface area contributed by atoms with Crippen LogP contribution in [0.3, 0.4) is 0 Å². The van der Waals surface area contributed by atoms with Gasteiger partial charge in [-0.05, 0) is 59.2 Å². The number of thiophene rings is 1. The number of nitrogens with one attached hydrogen (secondary N) is 1. The summed E-state index contributed by atoms with van der Waals surface area (Å²) in [7, 11) is 0. The quantitative estimate of drug-likeness (QED) is 0.853. The van der Waals surface area contributed by atoms with Crippen molar-refractivity contribution in [3.63, 3.8) is 0 Å². The largest absolute Gasteiger partial charge is 0.311 e. The molecule has 1 aliphatic heterocycles. The zero-order chi connectivity index (χ0) is 14.1. The fourth-order valence-corrected chi connectivity index (χ4v) is 4.90. The number of hydrogen-bond acceptors (Lipinski definition) is 3. The summed E-state index contributed by atoms with van der Waals surface area (Å²) in [5, 5.41) is 3.80. The molecule has 20 heavy (non-hydrogen) atoms. The molecule has 2 unspecified atom stereocenters. The first-order valence-electron chi connectivity index (χ1n) is 7.83. The predicted molar refractivity (Wildman–Crippen MR) is 90.2 cm³/mol. The third kappa shape index (κ3) is 3.85. The van der Waals surface area contributed by atoms with Crippen molar-refractivity contribution in [3.8, 4) is 0 Å². The Morgan fingerprint density at radius 2 is 2.20 bits per heavy atom. The van der Waals surface area contributed by atoms with Crippen LogP contribution in [0.25, 0.3) is 0 Å². The topological polar surface area (TPSA) is 15.3 Å². The van der Waals surface area contributed by atoms with E-state index < -0.39 is 0 Å². The minimum Gasteiger partial charge on any atom is -0.311 e. The van der Waals surface area contributed by atoms with Gasteiger partial charge >= 0.3 is 0 Å². The van der Waals surface area contributed by atoms with E-state index in [1.165, 1.54) is 41.0 Å². The van der Waals surface area contributed by atoms with Crippen LogP contribution in [0.1, 0.15) is 38.0 Å². The molecule has 1 N–H and O–H groups in total. The smallest absolute Gasteiger partial charge is 0.0701 e. The first kappa shape index (κ1) is 15.0. The summed E-state index contributed by atoms with van der Waals surface area (Å²) >= 11 is 5.47. The SMILES string of the molecule is CC(C)CC1CN(Cc2ccc(Br)s2)C(C2CC2)CN1. The van der Waals surface area contributed by atoms with Gasteiger partial charge in [0.2, 0.25) is 0 Å². The van der Waals surface area contributed by atoms with Crippen molar-refractivity contribution >= 4 is 27.3 Å². The van der Waals surface area contributed by atoms with Crippen LogP contribution in [0.4, 0.5) is 0 Å². The Balaban J connectivity index is 1.65. The molecule has 2 aliphatic rings. The van der Waals surface area contributed by atoms with Gasteiger partial charge in [0, 0.05) is 36.6 Å². The molecule has 0 bridgehead atoms. The highest BCUT2D eigenvalue weighted by Crippen LogP contribution is 2.37. The van der Waals surface area contributed by atoms with Gasteiger partial charge in [0.1, 0.15) is 0 Å². The first-order chi connectivity index (χ1) is 9.61. The Bertz CT molecular complexity index is 441. The summed E-state index contributed by atoms with van der Waals surface area (Å²) in [5.41, 5.74) is 0. The molecule has 2 fully saturated rings. The maximum atomic E-state index is 3.80. The lowest BCUT2D eigenvalue weighted by atomic mass is 9.98. The normalized spacial score (nSPS) is 28.2. The third-order valence-electron chi connectivity index (χ3n) is 4.45. The molecule has 1 saturated carbocycles. The number of rotatable bonds is 5. The molecule has 1 aliphatic carbocycles. The van der Waals surface area contributed by atoms with E-state index in [0.29, 0.717) is 6.04 Å². The van der Waals surface area contributed by atoms with E-state index in [0.717, 1.165) is 24.4 Å². The zero-order valence-electron chi connectivity index (χ0n) is 12.4. The molecule has 0 amide bonds. The maximum absolute atomic E-state index is 3.80. The predicted octanol–water partition coefficient (Wildman–Crippen LogP) is 4.11. The van der Waals surface area contributed by atoms with Crippen LogP contribution in [-0.4, -0.2) is 30.1 Å². The van der Waals surface area contributed by atoms with Gasteiger partial charge in [-0.15, -0.1) is 11.3 Å². The lowest BCUT2D eigenvalue weighted by Gasteiger charge is -2.41. The van der Waals surface area contributed by atoms with E-state index in [1.807, 2.05) is 11.3 Å². The van der Waals surface area contributed by atoms with E-state index in [9.17, 15) is 0 Å². The van der Waals surface area contributed by atoms with Crippen molar-refractivity contribution < 1.29 is 0 Å². The van der Waals surface area contributed by atoms with Crippen molar-refractivity contribution in [2.45, 2.75) is 51.7 Å². The van der Waals surface area contributed by atoms with Gasteiger partial charge in [0.05, 0.1) is 3.79 Å². The Labute approximate surface area is 135 Å². The average molecular weight is 357 g/mol. The van der Waals surface area contributed by atoms with Gasteiger partial charge < -0.3 is 5.32 Å². The molecule has 1 aromatic rings. The Morgan fingerprint density at radius 1 is 1.40 bits per heavy atom. The molecule has 0 radical (unpaired) electrons. The van der Waals surface area contributed by atoms with Gasteiger partial charge in [-0.3, -0.25) is 4.90 Å². The molecule has 1 saturated heterocycles. The van der Waals surface area contributed by atoms with Gasteiger partial charge in [-0.25, -0.2) is 0 Å². The summed E-state index contributed by atoms with van der Waals surface area (Å²) < 4.78 is 1.25. The Kier molecular flexibility index (Phi) is 4.86. The molecule has 2 atom stereocenters. The zero-order valence-corrected chi connectivity index (χ0v) is 14.8. The van der Waals surface area contributed by atoms with Crippen LogP contribution in [0.2, 0.25) is 0 Å². The first-order valence-corrected chi connectivity index (χ1v) is 9.44. The van der Waals surface area contributed by atoms with E-state index in [1.54, 1.807) is 0 Å². The van der Waals surface area contributed by atoms with E-state index in [-0.39, 0.29) is 0 Å². The van der Waals surface area contributed by atoms with Gasteiger partial charge in [0.25, 0.3) is 0 Å². The Morgan fingerprint density at radius 3 is 2.80 bits per heavy atom. The maximum Gasteiger partial charge on any atom is 0.0701 e. The van der Waals surface area contributed by atoms with Crippen LogP contribution >= 0.6 is 27.3 Å². The third-order valence-corrected chi connectivity index (χ3v) is 6.06. The minimum atomic E-state index is 0.674. The number of hydrogen-bond donors (Lipinski definition) is 1. The molecule has 2 nitrogen and oxygen atoms in total. The van der Waals surface area contributed by atoms with Crippen molar-refractivity contribution in [2.75, 3.05) is 13.1 Å². The molecule has 112 valence electrons. The molecule has 4 heteroatoms. The molecular weight excluding hydrogens is 332 g/mol. The lowest BCUT2D eigenvalue weighted by Crippen LogP contribution is -2.57. The monoisotopic (exact) mass is 356 g/mol. The second-order valence-corrected chi connectivity index (χ2v) is 9.32. The van der Waals surface area contributed by atoms with Crippen LogP contribution in [0.5, 0.6) is 0 Å². The van der Waals surface area contributed by atoms with E-state index >= 15 is 0 Å². The summed E-state index contributed by atoms with van der Waals surface area (Å²) in [6.45, 7) is 8.20. The molecule has 1 aromatic heterocycles. The van der Waals surface area contributed by atoms with Crippen LogP contribution in [-0.2, 0) is 6.54 Å².